The van der Waals surface area contributed by atoms with Crippen LogP contribution >= 0.6 is 0 Å². The average molecular weight is 1010 g/mol. The summed E-state index contributed by atoms with van der Waals surface area (Å²) < 4.78 is 24.4. The number of fused-ring (bicyclic) bond motifs is 8. The minimum atomic E-state index is -0.846. The third kappa shape index (κ3) is 11.0. The van der Waals surface area contributed by atoms with Gasteiger partial charge < -0.3 is 60.4 Å². The number of carbonyl (C=O) groups is 7. The first-order valence-electron chi connectivity index (χ1n) is 24.4. The molecule has 5 aromatic rings. The molecule has 4 heterocycles. The first-order valence-corrected chi connectivity index (χ1v) is 24.4. The maximum atomic E-state index is 14.2. The zero-order valence-electron chi connectivity index (χ0n) is 41.2. The number of anilines is 3. The van der Waals surface area contributed by atoms with Gasteiger partial charge >= 0.3 is 0 Å². The van der Waals surface area contributed by atoms with Crippen LogP contribution in [0.15, 0.2) is 91.0 Å². The first kappa shape index (κ1) is 50.5. The Labute approximate surface area is 426 Å². The lowest BCUT2D eigenvalue weighted by atomic mass is 9.97. The number of ether oxygens (including phenoxy) is 4. The number of aliphatic hydroxyl groups excluding tert-OH is 1. The van der Waals surface area contributed by atoms with Crippen LogP contribution in [0.2, 0.25) is 0 Å². The van der Waals surface area contributed by atoms with Crippen LogP contribution in [0.3, 0.4) is 0 Å². The summed E-state index contributed by atoms with van der Waals surface area (Å²) in [6.45, 7) is -1.37. The van der Waals surface area contributed by atoms with Crippen molar-refractivity contribution in [1.82, 2.24) is 21.3 Å². The van der Waals surface area contributed by atoms with E-state index >= 15 is 0 Å². The molecule has 6 N–H and O–H groups in total. The van der Waals surface area contributed by atoms with Gasteiger partial charge in [-0.25, -0.2) is 0 Å². The molecule has 0 bridgehead atoms. The number of nitrogens with one attached hydrogen (secondary N) is 5. The summed E-state index contributed by atoms with van der Waals surface area (Å²) in [7, 11) is 4.44. The third-order valence-electron chi connectivity index (χ3n) is 13.7. The van der Waals surface area contributed by atoms with E-state index in [0.717, 1.165) is 40.9 Å². The van der Waals surface area contributed by atoms with E-state index in [2.05, 4.69) is 32.7 Å². The third-order valence-corrected chi connectivity index (χ3v) is 13.7. The van der Waals surface area contributed by atoms with Gasteiger partial charge in [-0.05, 0) is 114 Å². The highest BCUT2D eigenvalue weighted by Crippen LogP contribution is 2.43. The maximum Gasteiger partial charge on any atom is 0.259 e. The number of aliphatic hydroxyl groups is 1. The quantitative estimate of drug-likeness (QED) is 0.0737. The summed E-state index contributed by atoms with van der Waals surface area (Å²) in [5, 5.41) is 23.9. The van der Waals surface area contributed by atoms with Gasteiger partial charge in [0.25, 0.3) is 11.8 Å². The molecule has 19 nitrogen and oxygen atoms in total. The smallest absolute Gasteiger partial charge is 0.259 e. The number of benzene rings is 5. The van der Waals surface area contributed by atoms with Gasteiger partial charge in [-0.2, -0.15) is 0 Å². The minimum absolute atomic E-state index is 0.00412. The second kappa shape index (κ2) is 22.1. The highest BCUT2D eigenvalue weighted by atomic mass is 16.5. The zero-order valence-corrected chi connectivity index (χ0v) is 41.2. The lowest BCUT2D eigenvalue weighted by Crippen LogP contribution is -2.43. The molecule has 74 heavy (non-hydrogen) atoms. The Kier molecular flexibility index (Phi) is 15.1. The SMILES string of the molecule is CNC(=O)CCC(=O)NCC(=O)NCC(=O)NCC(=O)Nc1cc(COc2cc3c(cc2OC)C(=O)N2c4ccccc4C[C@H]2CC3)cc(COc2cc3c(cc2OC)C(=O)N2c4ccccc4C[C@H]2C(O)C3)c1. The molecule has 0 aromatic heterocycles. The number of hydrogen-bond acceptors (Lipinski definition) is 12. The van der Waals surface area contributed by atoms with Crippen molar-refractivity contribution in [3.05, 3.63) is 136 Å². The molecule has 0 fully saturated rings. The summed E-state index contributed by atoms with van der Waals surface area (Å²) in [6.07, 6.45) is 1.93. The molecule has 3 atom stereocenters. The Hall–Kier alpha value is -8.45. The summed E-state index contributed by atoms with van der Waals surface area (Å²) in [5.41, 5.74) is 7.76. The standard InChI is InChI=1S/C55H57N7O12/c1-56-49(64)14-15-50(65)57-26-51(66)58-27-52(67)59-28-53(68)60-37-17-31(29-73-47-22-33-12-13-38-19-34-8-4-6-10-41(34)61(38)54(69)39(33)24-45(47)71-2)16-32(18-37)30-74-48-23-36-21-44(63)43-20-35-9-5-7-11-42(35)62(43)55(70)40(36)25-46(48)72-3/h4-11,16-18,22-25,38,43-44,63H,12-15,19-21,26-30H2,1-3H3,(H,56,64)(H,57,65)(H,58,66)(H,59,67)(H,60,68)/t38-,43+,44?/m1/s1. The number of rotatable bonds is 18. The van der Waals surface area contributed by atoms with Crippen molar-refractivity contribution in [2.45, 2.75) is 76.3 Å². The molecular formula is C55H57N7O12. The average Bonchev–Trinajstić information content (AvgIpc) is 3.93. The van der Waals surface area contributed by atoms with E-state index in [1.807, 2.05) is 59.5 Å². The Morgan fingerprint density at radius 3 is 1.73 bits per heavy atom. The van der Waals surface area contributed by atoms with Crippen molar-refractivity contribution in [2.24, 2.45) is 0 Å². The van der Waals surface area contributed by atoms with E-state index in [4.69, 9.17) is 18.9 Å². The van der Waals surface area contributed by atoms with Gasteiger partial charge in [-0.15, -0.1) is 0 Å². The lowest BCUT2D eigenvalue weighted by Gasteiger charge is -2.26. The summed E-state index contributed by atoms with van der Waals surface area (Å²) in [5.74, 6) is -1.63. The molecule has 1 unspecified atom stereocenters. The van der Waals surface area contributed by atoms with Crippen LogP contribution in [0.25, 0.3) is 0 Å². The summed E-state index contributed by atoms with van der Waals surface area (Å²) >= 11 is 0. The van der Waals surface area contributed by atoms with E-state index in [1.165, 1.54) is 21.3 Å². The minimum Gasteiger partial charge on any atom is -0.493 e. The number of amides is 7. The van der Waals surface area contributed by atoms with Crippen LogP contribution < -0.4 is 55.3 Å². The second-order valence-electron chi connectivity index (χ2n) is 18.5. The van der Waals surface area contributed by atoms with Crippen molar-refractivity contribution in [1.29, 1.82) is 0 Å². The van der Waals surface area contributed by atoms with Crippen molar-refractivity contribution in [2.75, 3.05) is 56.0 Å². The van der Waals surface area contributed by atoms with Crippen LogP contribution in [-0.4, -0.2) is 106 Å². The summed E-state index contributed by atoms with van der Waals surface area (Å²) in [4.78, 5) is 93.4. The fourth-order valence-electron chi connectivity index (χ4n) is 10.0. The number of aryl methyl sites for hydroxylation is 1. The van der Waals surface area contributed by atoms with Gasteiger partial charge in [-0.3, -0.25) is 33.6 Å². The van der Waals surface area contributed by atoms with Crippen LogP contribution in [-0.2, 0) is 62.9 Å². The number of carbonyl (C=O) groups excluding carboxylic acids is 7. The molecular weight excluding hydrogens is 951 g/mol. The number of para-hydroxylation sites is 2. The van der Waals surface area contributed by atoms with E-state index < -0.39 is 55.4 Å². The molecule has 0 saturated carbocycles. The molecule has 0 spiro atoms. The van der Waals surface area contributed by atoms with Gasteiger partial charge in [-0.1, -0.05) is 36.4 Å². The lowest BCUT2D eigenvalue weighted by molar-refractivity contribution is -0.129. The normalized spacial score (nSPS) is 16.9. The molecule has 384 valence electrons. The predicted molar refractivity (Wildman–Crippen MR) is 272 cm³/mol. The summed E-state index contributed by atoms with van der Waals surface area (Å²) in [6, 6.07) is 27.4. The fourth-order valence-corrected chi connectivity index (χ4v) is 10.0. The van der Waals surface area contributed by atoms with Gasteiger partial charge in [0.1, 0.15) is 13.2 Å². The van der Waals surface area contributed by atoms with E-state index in [1.54, 1.807) is 35.2 Å². The van der Waals surface area contributed by atoms with Gasteiger partial charge in [0.2, 0.25) is 29.5 Å². The fraction of sp³-hybridized carbons (Fsp3) is 0.327. The molecule has 0 saturated heterocycles. The highest BCUT2D eigenvalue weighted by molar-refractivity contribution is 6.10. The maximum absolute atomic E-state index is 14.2. The second-order valence-corrected chi connectivity index (χ2v) is 18.5. The number of hydrogen-bond donors (Lipinski definition) is 6. The van der Waals surface area contributed by atoms with Crippen molar-refractivity contribution < 1.29 is 57.6 Å². The number of nitrogens with zero attached hydrogens (tertiary/aromatic N) is 2. The molecule has 4 aliphatic heterocycles. The van der Waals surface area contributed by atoms with Crippen LogP contribution in [0.4, 0.5) is 17.1 Å². The molecule has 7 amide bonds. The topological polar surface area (TPSA) is 243 Å². The Morgan fingerprint density at radius 1 is 0.581 bits per heavy atom. The van der Waals surface area contributed by atoms with Crippen LogP contribution in [0.1, 0.15) is 73.4 Å². The Bertz CT molecular complexity index is 3050. The van der Waals surface area contributed by atoms with Crippen molar-refractivity contribution in [3.8, 4) is 23.0 Å². The van der Waals surface area contributed by atoms with Gasteiger partial charge in [0.15, 0.2) is 23.0 Å². The van der Waals surface area contributed by atoms with Crippen LogP contribution in [0, 0.1) is 0 Å². The van der Waals surface area contributed by atoms with Crippen molar-refractivity contribution in [3.63, 3.8) is 0 Å². The van der Waals surface area contributed by atoms with Gasteiger partial charge in [0.05, 0.1) is 46.0 Å². The predicted octanol–water partition coefficient (Wildman–Crippen LogP) is 3.68. The molecule has 19 heteroatoms. The monoisotopic (exact) mass is 1010 g/mol. The van der Waals surface area contributed by atoms with Crippen LogP contribution in [0.5, 0.6) is 23.0 Å². The Morgan fingerprint density at radius 2 is 1.11 bits per heavy atom. The van der Waals surface area contributed by atoms with E-state index in [-0.39, 0.29) is 56.2 Å². The van der Waals surface area contributed by atoms with Gasteiger partial charge in [0, 0.05) is 60.5 Å². The molecule has 9 rings (SSSR count). The zero-order chi connectivity index (χ0) is 52.0. The van der Waals surface area contributed by atoms with Crippen molar-refractivity contribution >= 4 is 58.4 Å². The highest BCUT2D eigenvalue weighted by Gasteiger charge is 2.42. The number of methoxy groups -OCH3 is 2. The molecule has 4 aliphatic rings. The molecule has 5 aromatic carbocycles. The Balaban J connectivity index is 0.906. The largest absolute Gasteiger partial charge is 0.493 e. The molecule has 0 radical (unpaired) electrons. The first-order chi connectivity index (χ1) is 35.8. The van der Waals surface area contributed by atoms with E-state index in [0.29, 0.717) is 69.3 Å². The molecule has 0 aliphatic carbocycles. The van der Waals surface area contributed by atoms with E-state index in [9.17, 15) is 38.7 Å².